The maximum Gasteiger partial charge on any atom is 0.295 e. The monoisotopic (exact) mass is 258 g/mol. The second-order valence-corrected chi connectivity index (χ2v) is 11.2. The van der Waals surface area contributed by atoms with Crippen LogP contribution in [0, 0.1) is 5.92 Å². The molecule has 0 heterocycles. The second-order valence-electron chi connectivity index (χ2n) is 6.46. The summed E-state index contributed by atoms with van der Waals surface area (Å²) in [6, 6.07) is 0. The van der Waals surface area contributed by atoms with Crippen LogP contribution in [0.15, 0.2) is 0 Å². The number of hydrogen-bond donors (Lipinski definition) is 0. The molecule has 0 aromatic heterocycles. The first-order valence-corrected chi connectivity index (χ1v) is 9.79. The number of rotatable bonds is 6. The van der Waals surface area contributed by atoms with Gasteiger partial charge in [0.05, 0.1) is 5.92 Å². The Morgan fingerprint density at radius 2 is 1.53 bits per heavy atom. The molecule has 0 radical (unpaired) electrons. The summed E-state index contributed by atoms with van der Waals surface area (Å²) in [7, 11) is -1.94. The van der Waals surface area contributed by atoms with Crippen molar-refractivity contribution < 1.29 is 9.22 Å². The lowest BCUT2D eigenvalue weighted by Crippen LogP contribution is -2.44. The average molecular weight is 258 g/mol. The third kappa shape index (κ3) is 5.24. The summed E-state index contributed by atoms with van der Waals surface area (Å²) in [5, 5.41) is 0.103. The van der Waals surface area contributed by atoms with E-state index in [0.29, 0.717) is 0 Å². The Morgan fingerprint density at radius 1 is 1.12 bits per heavy atom. The van der Waals surface area contributed by atoms with Crippen molar-refractivity contribution in [1.82, 2.24) is 0 Å². The zero-order chi connectivity index (χ0) is 13.7. The Balaban J connectivity index is 4.59. The fourth-order valence-electron chi connectivity index (χ4n) is 1.56. The molecule has 0 atom stereocenters. The van der Waals surface area contributed by atoms with E-state index in [1.807, 2.05) is 0 Å². The second kappa shape index (κ2) is 6.57. The van der Waals surface area contributed by atoms with Crippen molar-refractivity contribution in [2.75, 3.05) is 0 Å². The molecule has 0 rings (SSSR count). The molecule has 0 spiro atoms. The van der Waals surface area contributed by atoms with Crippen LogP contribution in [-0.2, 0) is 9.22 Å². The summed E-state index contributed by atoms with van der Waals surface area (Å²) in [6.07, 6.45) is 4.02. The van der Waals surface area contributed by atoms with Crippen LogP contribution < -0.4 is 0 Å². The zero-order valence-electron chi connectivity index (χ0n) is 12.7. The van der Waals surface area contributed by atoms with E-state index in [-0.39, 0.29) is 16.9 Å². The molecular weight excluding hydrogens is 228 g/mol. The van der Waals surface area contributed by atoms with E-state index >= 15 is 0 Å². The molecular formula is C14H30O2Si. The van der Waals surface area contributed by atoms with Crippen LogP contribution in [-0.4, -0.2) is 14.3 Å². The van der Waals surface area contributed by atoms with Crippen molar-refractivity contribution in [2.45, 2.75) is 78.4 Å². The van der Waals surface area contributed by atoms with Crippen LogP contribution in [0.4, 0.5) is 0 Å². The SMILES string of the molecule is CCCC(CCC)C(=O)O[Si](C)(C)C(C)(C)C. The van der Waals surface area contributed by atoms with Gasteiger partial charge in [-0.05, 0) is 31.0 Å². The smallest absolute Gasteiger partial charge is 0.295 e. The van der Waals surface area contributed by atoms with Gasteiger partial charge in [0, 0.05) is 0 Å². The van der Waals surface area contributed by atoms with Gasteiger partial charge in [0.1, 0.15) is 0 Å². The van der Waals surface area contributed by atoms with Crippen molar-refractivity contribution >= 4 is 14.3 Å². The summed E-state index contributed by atoms with van der Waals surface area (Å²) in [5.74, 6) is 0.152. The Bertz CT molecular complexity index is 235. The predicted octanol–water partition coefficient (Wildman–Crippen LogP) is 4.75. The van der Waals surface area contributed by atoms with Crippen LogP contribution in [0.25, 0.3) is 0 Å². The lowest BCUT2D eigenvalue weighted by molar-refractivity contribution is -0.140. The molecule has 2 nitrogen and oxygen atoms in total. The zero-order valence-corrected chi connectivity index (χ0v) is 13.7. The largest absolute Gasteiger partial charge is 0.519 e. The Hall–Kier alpha value is -0.313. The minimum absolute atomic E-state index is 0.0419. The van der Waals surface area contributed by atoms with Gasteiger partial charge in [-0.3, -0.25) is 4.79 Å². The molecule has 0 saturated heterocycles. The molecule has 17 heavy (non-hydrogen) atoms. The van der Waals surface area contributed by atoms with Crippen LogP contribution in [0.1, 0.15) is 60.3 Å². The molecule has 0 aliphatic heterocycles. The van der Waals surface area contributed by atoms with Gasteiger partial charge >= 0.3 is 0 Å². The summed E-state index contributed by atoms with van der Waals surface area (Å²) in [5.41, 5.74) is 0. The van der Waals surface area contributed by atoms with Gasteiger partial charge in [0.15, 0.2) is 0 Å². The number of carbonyl (C=O) groups is 1. The van der Waals surface area contributed by atoms with E-state index < -0.39 is 8.32 Å². The first-order valence-electron chi connectivity index (χ1n) is 6.88. The van der Waals surface area contributed by atoms with Crippen LogP contribution in [0.2, 0.25) is 18.1 Å². The Kier molecular flexibility index (Phi) is 6.45. The number of hydrogen-bond acceptors (Lipinski definition) is 2. The molecule has 0 aromatic carbocycles. The molecule has 0 aliphatic carbocycles. The highest BCUT2D eigenvalue weighted by Gasteiger charge is 2.41. The van der Waals surface area contributed by atoms with Crippen molar-refractivity contribution in [2.24, 2.45) is 5.92 Å². The molecule has 0 amide bonds. The normalized spacial score (nSPS) is 12.9. The van der Waals surface area contributed by atoms with Crippen molar-refractivity contribution in [3.05, 3.63) is 0 Å². The molecule has 0 bridgehead atoms. The first-order chi connectivity index (χ1) is 7.65. The molecule has 0 aromatic rings. The van der Waals surface area contributed by atoms with Gasteiger partial charge in [0.25, 0.3) is 14.3 Å². The fourth-order valence-corrected chi connectivity index (χ4v) is 2.54. The van der Waals surface area contributed by atoms with Crippen molar-refractivity contribution in [1.29, 1.82) is 0 Å². The van der Waals surface area contributed by atoms with E-state index in [1.54, 1.807) is 0 Å². The highest BCUT2D eigenvalue weighted by Crippen LogP contribution is 2.37. The van der Waals surface area contributed by atoms with Crippen LogP contribution in [0.3, 0.4) is 0 Å². The van der Waals surface area contributed by atoms with Gasteiger partial charge in [-0.25, -0.2) is 0 Å². The van der Waals surface area contributed by atoms with E-state index in [9.17, 15) is 4.79 Å². The minimum atomic E-state index is -1.94. The topological polar surface area (TPSA) is 26.3 Å². The summed E-state index contributed by atoms with van der Waals surface area (Å²) in [4.78, 5) is 12.2. The highest BCUT2D eigenvalue weighted by molar-refractivity contribution is 6.75. The predicted molar refractivity (Wildman–Crippen MR) is 76.6 cm³/mol. The summed E-state index contributed by atoms with van der Waals surface area (Å²) in [6.45, 7) is 15.0. The Labute approximate surface area is 108 Å². The maximum absolute atomic E-state index is 12.2. The van der Waals surface area contributed by atoms with Gasteiger partial charge < -0.3 is 4.43 Å². The van der Waals surface area contributed by atoms with Gasteiger partial charge in [0.2, 0.25) is 0 Å². The van der Waals surface area contributed by atoms with E-state index in [1.165, 1.54) is 0 Å². The van der Waals surface area contributed by atoms with Crippen molar-refractivity contribution in [3.8, 4) is 0 Å². The molecule has 0 N–H and O–H groups in total. The average Bonchev–Trinajstić information content (AvgIpc) is 2.14. The molecule has 0 aliphatic rings. The maximum atomic E-state index is 12.2. The van der Waals surface area contributed by atoms with Gasteiger partial charge in [-0.15, -0.1) is 0 Å². The molecule has 0 unspecified atom stereocenters. The molecule has 0 saturated carbocycles. The number of carbonyl (C=O) groups excluding carboxylic acids is 1. The highest BCUT2D eigenvalue weighted by atomic mass is 28.4. The fraction of sp³-hybridized carbons (Fsp3) is 0.929. The minimum Gasteiger partial charge on any atom is -0.519 e. The quantitative estimate of drug-likeness (QED) is 0.643. The van der Waals surface area contributed by atoms with Gasteiger partial charge in [-0.2, -0.15) is 0 Å². The lowest BCUT2D eigenvalue weighted by Gasteiger charge is -2.36. The third-order valence-electron chi connectivity index (χ3n) is 3.77. The lowest BCUT2D eigenvalue weighted by atomic mass is 9.99. The van der Waals surface area contributed by atoms with E-state index in [0.717, 1.165) is 25.7 Å². The van der Waals surface area contributed by atoms with Crippen LogP contribution >= 0.6 is 0 Å². The summed E-state index contributed by atoms with van der Waals surface area (Å²) >= 11 is 0. The van der Waals surface area contributed by atoms with Crippen LogP contribution in [0.5, 0.6) is 0 Å². The van der Waals surface area contributed by atoms with Gasteiger partial charge in [-0.1, -0.05) is 47.5 Å². The first kappa shape index (κ1) is 16.7. The molecule has 0 fully saturated rings. The van der Waals surface area contributed by atoms with E-state index in [4.69, 9.17) is 4.43 Å². The third-order valence-corrected chi connectivity index (χ3v) is 8.09. The summed E-state index contributed by atoms with van der Waals surface area (Å²) < 4.78 is 5.87. The molecule has 3 heteroatoms. The molecule has 102 valence electrons. The van der Waals surface area contributed by atoms with E-state index in [2.05, 4.69) is 47.7 Å². The standard InChI is InChI=1S/C14H30O2Si/c1-8-10-12(11-9-2)13(15)16-17(6,7)14(3,4)5/h12H,8-11H2,1-7H3. The van der Waals surface area contributed by atoms with Crippen molar-refractivity contribution in [3.63, 3.8) is 0 Å². The Morgan fingerprint density at radius 3 is 1.82 bits per heavy atom.